The zero-order valence-electron chi connectivity index (χ0n) is 22.3. The predicted molar refractivity (Wildman–Crippen MR) is 138 cm³/mol. The van der Waals surface area contributed by atoms with E-state index in [4.69, 9.17) is 5.73 Å². The van der Waals surface area contributed by atoms with Gasteiger partial charge < -0.3 is 16.0 Å². The lowest BCUT2D eigenvalue weighted by molar-refractivity contribution is -0.138. The number of nitrogens with one attached hydrogen (secondary N) is 1. The molecule has 0 spiro atoms. The molecule has 1 unspecified atom stereocenters. The SMILES string of the molecule is NC(=O)[C@H]1CCN1C(=O)N(c1ccc(C2CC2)cc1F)C(C(=O)NC1CCC(F)(F)CC1)c1cnccc1C(F)(F)F. The standard InChI is InChI=1S/C28H29F6N5O3/c29-20-13-16(15-1-2-15)3-4-21(20)39(26(42)38-12-8-22(38)24(35)40)23(18-14-36-11-7-19(18)28(32,33)34)25(41)37-17-5-9-27(30,31)10-6-17/h3-4,7,11,13-15,17,22-23H,1-2,5-6,8-10,12H2,(H2,35,40)(H,37,41)/t22-,23?/m1/s1. The maximum atomic E-state index is 15.8. The van der Waals surface area contributed by atoms with Crippen LogP contribution in [0.3, 0.4) is 0 Å². The molecule has 4 amide bonds. The third-order valence-corrected chi connectivity index (χ3v) is 8.10. The average Bonchev–Trinajstić information content (AvgIpc) is 3.73. The van der Waals surface area contributed by atoms with E-state index in [1.165, 1.54) is 18.2 Å². The summed E-state index contributed by atoms with van der Waals surface area (Å²) in [5.74, 6) is -5.81. The molecular weight excluding hydrogens is 568 g/mol. The minimum absolute atomic E-state index is 0.0179. The number of alkyl halides is 5. The van der Waals surface area contributed by atoms with Gasteiger partial charge in [0.2, 0.25) is 17.7 Å². The van der Waals surface area contributed by atoms with E-state index in [1.54, 1.807) is 0 Å². The Bertz CT molecular complexity index is 1370. The molecule has 226 valence electrons. The summed E-state index contributed by atoms with van der Waals surface area (Å²) < 4.78 is 86.0. The van der Waals surface area contributed by atoms with Gasteiger partial charge in [-0.3, -0.25) is 19.5 Å². The van der Waals surface area contributed by atoms with Gasteiger partial charge >= 0.3 is 12.2 Å². The number of halogens is 6. The van der Waals surface area contributed by atoms with Gasteiger partial charge in [-0.05, 0) is 61.8 Å². The maximum absolute atomic E-state index is 15.8. The van der Waals surface area contributed by atoms with Gasteiger partial charge in [-0.1, -0.05) is 6.07 Å². The zero-order valence-corrected chi connectivity index (χ0v) is 22.3. The van der Waals surface area contributed by atoms with Crippen molar-refractivity contribution in [3.8, 4) is 0 Å². The van der Waals surface area contributed by atoms with Crippen LogP contribution in [0.25, 0.3) is 0 Å². The van der Waals surface area contributed by atoms with Crippen molar-refractivity contribution in [1.82, 2.24) is 15.2 Å². The van der Waals surface area contributed by atoms with Crippen molar-refractivity contribution in [1.29, 1.82) is 0 Å². The van der Waals surface area contributed by atoms with Crippen molar-refractivity contribution >= 4 is 23.5 Å². The van der Waals surface area contributed by atoms with Crippen molar-refractivity contribution in [3.63, 3.8) is 0 Å². The average molecular weight is 598 g/mol. The van der Waals surface area contributed by atoms with Crippen LogP contribution in [-0.2, 0) is 15.8 Å². The van der Waals surface area contributed by atoms with Crippen molar-refractivity contribution in [2.24, 2.45) is 5.73 Å². The first kappa shape index (κ1) is 29.6. The Morgan fingerprint density at radius 3 is 2.31 bits per heavy atom. The third kappa shape index (κ3) is 6.02. The molecule has 3 N–H and O–H groups in total. The van der Waals surface area contributed by atoms with E-state index in [9.17, 15) is 36.3 Å². The highest BCUT2D eigenvalue weighted by Gasteiger charge is 2.47. The van der Waals surface area contributed by atoms with E-state index < -0.39 is 83.5 Å². The number of rotatable bonds is 7. The van der Waals surface area contributed by atoms with Crippen LogP contribution in [0.15, 0.2) is 36.7 Å². The number of carbonyl (C=O) groups excluding carboxylic acids is 3. The van der Waals surface area contributed by atoms with Crippen molar-refractivity contribution in [2.75, 3.05) is 11.4 Å². The summed E-state index contributed by atoms with van der Waals surface area (Å²) in [5, 5.41) is 2.51. The van der Waals surface area contributed by atoms with Gasteiger partial charge in [-0.25, -0.2) is 18.0 Å². The first-order chi connectivity index (χ1) is 19.8. The summed E-state index contributed by atoms with van der Waals surface area (Å²) in [7, 11) is 0. The predicted octanol–water partition coefficient (Wildman–Crippen LogP) is 5.04. The molecule has 5 rings (SSSR count). The molecule has 14 heteroatoms. The van der Waals surface area contributed by atoms with Gasteiger partial charge in [0.05, 0.1) is 11.3 Å². The minimum atomic E-state index is -5.00. The van der Waals surface area contributed by atoms with Gasteiger partial charge in [-0.2, -0.15) is 13.2 Å². The summed E-state index contributed by atoms with van der Waals surface area (Å²) in [6.45, 7) is -0.0179. The molecule has 0 radical (unpaired) electrons. The summed E-state index contributed by atoms with van der Waals surface area (Å²) in [4.78, 5) is 45.1. The van der Waals surface area contributed by atoms with Gasteiger partial charge in [0, 0.05) is 43.4 Å². The van der Waals surface area contributed by atoms with E-state index in [2.05, 4.69) is 10.3 Å². The normalized spacial score (nSPS) is 21.3. The van der Waals surface area contributed by atoms with Crippen LogP contribution >= 0.6 is 0 Å². The second kappa shape index (κ2) is 11.1. The Balaban J connectivity index is 1.62. The van der Waals surface area contributed by atoms with Gasteiger partial charge in [0.15, 0.2) is 0 Å². The van der Waals surface area contributed by atoms with Crippen LogP contribution in [0.2, 0.25) is 0 Å². The monoisotopic (exact) mass is 597 g/mol. The summed E-state index contributed by atoms with van der Waals surface area (Å²) in [5.41, 5.74) is 3.49. The quantitative estimate of drug-likeness (QED) is 0.436. The molecule has 2 saturated carbocycles. The Kier molecular flexibility index (Phi) is 7.84. The van der Waals surface area contributed by atoms with Gasteiger partial charge in [0.1, 0.15) is 17.9 Å². The molecule has 8 nitrogen and oxygen atoms in total. The first-order valence-electron chi connectivity index (χ1n) is 13.6. The lowest BCUT2D eigenvalue weighted by Crippen LogP contribution is -2.62. The van der Waals surface area contributed by atoms with Crippen LogP contribution in [0, 0.1) is 5.82 Å². The van der Waals surface area contributed by atoms with Crippen LogP contribution in [0.5, 0.6) is 0 Å². The van der Waals surface area contributed by atoms with Crippen LogP contribution in [-0.4, -0.2) is 52.3 Å². The molecule has 3 aliphatic rings. The Morgan fingerprint density at radius 2 is 1.76 bits per heavy atom. The molecule has 2 aliphatic carbocycles. The number of likely N-dealkylation sites (tertiary alicyclic amines) is 1. The number of nitrogens with zero attached hydrogens (tertiary/aromatic N) is 3. The number of anilines is 1. The van der Waals surface area contributed by atoms with E-state index in [0.717, 1.165) is 30.1 Å². The largest absolute Gasteiger partial charge is 0.416 e. The smallest absolute Gasteiger partial charge is 0.368 e. The van der Waals surface area contributed by atoms with Crippen molar-refractivity contribution in [2.45, 2.75) is 81.1 Å². The van der Waals surface area contributed by atoms with E-state index in [1.807, 2.05) is 0 Å². The molecule has 1 aliphatic heterocycles. The zero-order chi connectivity index (χ0) is 30.4. The van der Waals surface area contributed by atoms with Gasteiger partial charge in [0.25, 0.3) is 0 Å². The maximum Gasteiger partial charge on any atom is 0.416 e. The second-order valence-electron chi connectivity index (χ2n) is 11.0. The topological polar surface area (TPSA) is 109 Å². The van der Waals surface area contributed by atoms with Crippen LogP contribution < -0.4 is 16.0 Å². The number of amides is 4. The molecule has 1 saturated heterocycles. The molecule has 2 heterocycles. The number of nitrogens with two attached hydrogens (primary N) is 1. The summed E-state index contributed by atoms with van der Waals surface area (Å²) in [6.07, 6.45) is -2.95. The number of primary amides is 1. The molecule has 2 aromatic rings. The first-order valence-corrected chi connectivity index (χ1v) is 13.6. The lowest BCUT2D eigenvalue weighted by atomic mass is 9.91. The number of aromatic nitrogens is 1. The molecule has 1 aromatic carbocycles. The molecule has 3 fully saturated rings. The number of benzene rings is 1. The second-order valence-corrected chi connectivity index (χ2v) is 11.0. The van der Waals surface area contributed by atoms with Crippen molar-refractivity contribution in [3.05, 3.63) is 59.2 Å². The van der Waals surface area contributed by atoms with Crippen molar-refractivity contribution < 1.29 is 40.7 Å². The summed E-state index contributed by atoms with van der Waals surface area (Å²) >= 11 is 0. The Hall–Kier alpha value is -3.84. The minimum Gasteiger partial charge on any atom is -0.368 e. The molecule has 0 bridgehead atoms. The molecule has 1 aromatic heterocycles. The van der Waals surface area contributed by atoms with Crippen LogP contribution in [0.4, 0.5) is 36.8 Å². The Labute approximate surface area is 237 Å². The fourth-order valence-electron chi connectivity index (χ4n) is 5.54. The number of carbonyl (C=O) groups is 3. The summed E-state index contributed by atoms with van der Waals surface area (Å²) in [6, 6.07) is -0.643. The highest BCUT2D eigenvalue weighted by Crippen LogP contribution is 2.43. The fraction of sp³-hybridized carbons (Fsp3) is 0.500. The van der Waals surface area contributed by atoms with Gasteiger partial charge in [-0.15, -0.1) is 0 Å². The number of hydrogen-bond acceptors (Lipinski definition) is 4. The van der Waals surface area contributed by atoms with E-state index >= 15 is 4.39 Å². The number of pyridine rings is 1. The van der Waals surface area contributed by atoms with Crippen LogP contribution in [0.1, 0.15) is 73.6 Å². The number of urea groups is 1. The lowest BCUT2D eigenvalue weighted by Gasteiger charge is -2.44. The highest BCUT2D eigenvalue weighted by atomic mass is 19.4. The molecule has 2 atom stereocenters. The van der Waals surface area contributed by atoms with E-state index in [0.29, 0.717) is 16.5 Å². The number of hydrogen-bond donors (Lipinski definition) is 2. The fourth-order valence-corrected chi connectivity index (χ4v) is 5.54. The third-order valence-electron chi connectivity index (χ3n) is 8.10. The highest BCUT2D eigenvalue weighted by molar-refractivity contribution is 6.03. The molecular formula is C28H29F6N5O3. The van der Waals surface area contributed by atoms with E-state index in [-0.39, 0.29) is 31.7 Å². The molecule has 42 heavy (non-hydrogen) atoms. The Morgan fingerprint density at radius 1 is 1.07 bits per heavy atom.